The Kier molecular flexibility index (Phi) is 6.50. The maximum atomic E-state index is 12.4. The molecule has 0 saturated carbocycles. The van der Waals surface area contributed by atoms with E-state index in [-0.39, 0.29) is 11.9 Å². The molecule has 0 aliphatic carbocycles. The Hall–Kier alpha value is -2.20. The molecule has 0 aliphatic heterocycles. The quantitative estimate of drug-likeness (QED) is 0.808. The van der Waals surface area contributed by atoms with E-state index in [4.69, 9.17) is 21.1 Å². The van der Waals surface area contributed by atoms with E-state index in [0.29, 0.717) is 10.8 Å². The molecule has 2 rings (SSSR count). The minimum Gasteiger partial charge on any atom is -0.497 e. The fraction of sp³-hybridized carbons (Fsp3) is 0.316. The highest BCUT2D eigenvalue weighted by molar-refractivity contribution is 6.30. The Labute approximate surface area is 147 Å². The fourth-order valence-corrected chi connectivity index (χ4v) is 2.44. The summed E-state index contributed by atoms with van der Waals surface area (Å²) in [6, 6.07) is 14.6. The van der Waals surface area contributed by atoms with Gasteiger partial charge in [0.25, 0.3) is 5.91 Å². The number of amides is 1. The molecule has 0 fully saturated rings. The number of hydrogen-bond donors (Lipinski definition) is 1. The van der Waals surface area contributed by atoms with Gasteiger partial charge in [-0.15, -0.1) is 0 Å². The van der Waals surface area contributed by atoms with Crippen molar-refractivity contribution in [3.05, 3.63) is 59.1 Å². The van der Waals surface area contributed by atoms with Crippen LogP contribution in [0.4, 0.5) is 0 Å². The number of rotatable bonds is 7. The van der Waals surface area contributed by atoms with Gasteiger partial charge in [-0.1, -0.05) is 30.7 Å². The first-order chi connectivity index (χ1) is 11.5. The van der Waals surface area contributed by atoms with Crippen LogP contribution in [0.25, 0.3) is 0 Å². The maximum absolute atomic E-state index is 12.4. The molecule has 0 unspecified atom stereocenters. The molecule has 5 heteroatoms. The van der Waals surface area contributed by atoms with Crippen molar-refractivity contribution in [2.75, 3.05) is 7.11 Å². The molecule has 0 aromatic heterocycles. The molecule has 128 valence electrons. The molecule has 2 atom stereocenters. The zero-order chi connectivity index (χ0) is 17.5. The van der Waals surface area contributed by atoms with Gasteiger partial charge in [-0.05, 0) is 55.3 Å². The van der Waals surface area contributed by atoms with Crippen LogP contribution in [-0.4, -0.2) is 19.1 Å². The van der Waals surface area contributed by atoms with Gasteiger partial charge in [0.2, 0.25) is 0 Å². The van der Waals surface area contributed by atoms with E-state index in [0.717, 1.165) is 17.7 Å². The number of carbonyl (C=O) groups is 1. The van der Waals surface area contributed by atoms with Crippen molar-refractivity contribution in [1.29, 1.82) is 0 Å². The highest BCUT2D eigenvalue weighted by atomic mass is 35.5. The van der Waals surface area contributed by atoms with Crippen molar-refractivity contribution in [2.45, 2.75) is 32.4 Å². The van der Waals surface area contributed by atoms with Gasteiger partial charge >= 0.3 is 0 Å². The zero-order valence-corrected chi connectivity index (χ0v) is 14.8. The van der Waals surface area contributed by atoms with Crippen LogP contribution in [-0.2, 0) is 4.79 Å². The lowest BCUT2D eigenvalue weighted by atomic mass is 10.0. The predicted molar refractivity (Wildman–Crippen MR) is 95.7 cm³/mol. The van der Waals surface area contributed by atoms with Crippen molar-refractivity contribution in [2.24, 2.45) is 0 Å². The first-order valence-electron chi connectivity index (χ1n) is 7.90. The van der Waals surface area contributed by atoms with E-state index in [1.807, 2.05) is 31.2 Å². The van der Waals surface area contributed by atoms with E-state index >= 15 is 0 Å². The monoisotopic (exact) mass is 347 g/mol. The molecular weight excluding hydrogens is 326 g/mol. The third kappa shape index (κ3) is 4.90. The summed E-state index contributed by atoms with van der Waals surface area (Å²) in [7, 11) is 1.63. The zero-order valence-electron chi connectivity index (χ0n) is 14.1. The smallest absolute Gasteiger partial charge is 0.261 e. The summed E-state index contributed by atoms with van der Waals surface area (Å²) in [5, 5.41) is 3.65. The van der Waals surface area contributed by atoms with Crippen LogP contribution in [0.3, 0.4) is 0 Å². The van der Waals surface area contributed by atoms with Gasteiger partial charge in [-0.2, -0.15) is 0 Å². The Bertz CT molecular complexity index is 655. The minimum absolute atomic E-state index is 0.0697. The number of halogens is 1. The van der Waals surface area contributed by atoms with E-state index in [9.17, 15) is 4.79 Å². The Morgan fingerprint density at radius 2 is 1.67 bits per heavy atom. The molecule has 0 bridgehead atoms. The number of carbonyl (C=O) groups excluding carboxylic acids is 1. The van der Waals surface area contributed by atoms with E-state index < -0.39 is 6.10 Å². The van der Waals surface area contributed by atoms with Gasteiger partial charge in [-0.3, -0.25) is 4.79 Å². The molecule has 0 aliphatic rings. The second kappa shape index (κ2) is 8.60. The Morgan fingerprint density at radius 3 is 2.21 bits per heavy atom. The Balaban J connectivity index is 1.98. The van der Waals surface area contributed by atoms with Crippen molar-refractivity contribution in [1.82, 2.24) is 5.32 Å². The molecule has 0 radical (unpaired) electrons. The summed E-state index contributed by atoms with van der Waals surface area (Å²) in [4.78, 5) is 12.4. The third-order valence-electron chi connectivity index (χ3n) is 3.74. The standard InChI is InChI=1S/C19H22ClNO3/c1-4-18(14-5-9-16(23-3)10-6-14)21-19(22)13(2)24-17-11-7-15(20)8-12-17/h5-13,18H,4H2,1-3H3,(H,21,22)/t13-,18+/m0/s1. The van der Waals surface area contributed by atoms with Crippen LogP contribution in [0.2, 0.25) is 5.02 Å². The number of benzene rings is 2. The number of ether oxygens (including phenoxy) is 2. The highest BCUT2D eigenvalue weighted by Gasteiger charge is 2.19. The largest absolute Gasteiger partial charge is 0.497 e. The van der Waals surface area contributed by atoms with E-state index in [1.54, 1.807) is 38.3 Å². The van der Waals surface area contributed by atoms with Gasteiger partial charge in [-0.25, -0.2) is 0 Å². The summed E-state index contributed by atoms with van der Waals surface area (Å²) in [6.07, 6.45) is 0.185. The summed E-state index contributed by atoms with van der Waals surface area (Å²) in [6.45, 7) is 3.75. The van der Waals surface area contributed by atoms with E-state index in [1.165, 1.54) is 0 Å². The van der Waals surface area contributed by atoms with E-state index in [2.05, 4.69) is 5.32 Å². The van der Waals surface area contributed by atoms with Crippen LogP contribution in [0.1, 0.15) is 31.9 Å². The first kappa shape index (κ1) is 18.1. The number of nitrogens with one attached hydrogen (secondary N) is 1. The third-order valence-corrected chi connectivity index (χ3v) is 3.99. The SMILES string of the molecule is CC[C@@H](NC(=O)[C@H](C)Oc1ccc(Cl)cc1)c1ccc(OC)cc1. The fourth-order valence-electron chi connectivity index (χ4n) is 2.32. The average Bonchev–Trinajstić information content (AvgIpc) is 2.61. The predicted octanol–water partition coefficient (Wildman–Crippen LogP) is 4.38. The van der Waals surface area contributed by atoms with Crippen LogP contribution in [0.5, 0.6) is 11.5 Å². The minimum atomic E-state index is -0.599. The van der Waals surface area contributed by atoms with Gasteiger partial charge < -0.3 is 14.8 Å². The summed E-state index contributed by atoms with van der Waals surface area (Å²) in [5.41, 5.74) is 1.03. The number of hydrogen-bond acceptors (Lipinski definition) is 3. The topological polar surface area (TPSA) is 47.6 Å². The lowest BCUT2D eigenvalue weighted by Crippen LogP contribution is -2.38. The number of methoxy groups -OCH3 is 1. The first-order valence-corrected chi connectivity index (χ1v) is 8.27. The molecule has 0 spiro atoms. The molecule has 0 saturated heterocycles. The van der Waals surface area contributed by atoms with Crippen LogP contribution in [0.15, 0.2) is 48.5 Å². The van der Waals surface area contributed by atoms with Gasteiger partial charge in [0, 0.05) is 5.02 Å². The summed E-state index contributed by atoms with van der Waals surface area (Å²) < 4.78 is 10.8. The molecular formula is C19H22ClNO3. The van der Waals surface area contributed by atoms with Gasteiger partial charge in [0.15, 0.2) is 6.10 Å². The summed E-state index contributed by atoms with van der Waals surface area (Å²) in [5.74, 6) is 1.24. The molecule has 4 nitrogen and oxygen atoms in total. The molecule has 1 amide bonds. The van der Waals surface area contributed by atoms with Gasteiger partial charge in [0.05, 0.1) is 13.2 Å². The van der Waals surface area contributed by atoms with Gasteiger partial charge in [0.1, 0.15) is 11.5 Å². The van der Waals surface area contributed by atoms with Crippen molar-refractivity contribution in [3.63, 3.8) is 0 Å². The molecule has 1 N–H and O–H groups in total. The lowest BCUT2D eigenvalue weighted by Gasteiger charge is -2.21. The molecule has 0 heterocycles. The Morgan fingerprint density at radius 1 is 1.08 bits per heavy atom. The van der Waals surface area contributed by atoms with Crippen molar-refractivity contribution >= 4 is 17.5 Å². The summed E-state index contributed by atoms with van der Waals surface area (Å²) >= 11 is 5.84. The maximum Gasteiger partial charge on any atom is 0.261 e. The second-order valence-electron chi connectivity index (χ2n) is 5.46. The van der Waals surface area contributed by atoms with Crippen molar-refractivity contribution < 1.29 is 14.3 Å². The molecule has 2 aromatic carbocycles. The van der Waals surface area contributed by atoms with Crippen LogP contribution < -0.4 is 14.8 Å². The molecule has 24 heavy (non-hydrogen) atoms. The second-order valence-corrected chi connectivity index (χ2v) is 5.89. The highest BCUT2D eigenvalue weighted by Crippen LogP contribution is 2.21. The van der Waals surface area contributed by atoms with Crippen LogP contribution >= 0.6 is 11.6 Å². The van der Waals surface area contributed by atoms with Crippen LogP contribution in [0, 0.1) is 0 Å². The lowest BCUT2D eigenvalue weighted by molar-refractivity contribution is -0.128. The normalized spacial score (nSPS) is 13.0. The molecule has 2 aromatic rings. The van der Waals surface area contributed by atoms with Crippen molar-refractivity contribution in [3.8, 4) is 11.5 Å². The average molecular weight is 348 g/mol.